The summed E-state index contributed by atoms with van der Waals surface area (Å²) in [4.78, 5) is 0. The van der Waals surface area contributed by atoms with E-state index in [0.717, 1.165) is 0 Å². The van der Waals surface area contributed by atoms with Crippen molar-refractivity contribution in [1.82, 2.24) is 0 Å². The minimum atomic E-state index is -2.73. The van der Waals surface area contributed by atoms with E-state index in [9.17, 15) is 0 Å². The van der Waals surface area contributed by atoms with Crippen LogP contribution in [0.1, 0.15) is 15.2 Å². The van der Waals surface area contributed by atoms with E-state index in [4.69, 9.17) is 14.7 Å². The van der Waals surface area contributed by atoms with Gasteiger partial charge in [-0.3, -0.25) is 0 Å². The van der Waals surface area contributed by atoms with Gasteiger partial charge in [0.05, 0.1) is 5.48 Å². The lowest BCUT2D eigenvalue weighted by Crippen LogP contribution is -1.66. The third-order valence-electron chi connectivity index (χ3n) is 0.612. The van der Waals surface area contributed by atoms with Gasteiger partial charge in [-0.25, -0.2) is 0 Å². The molecular formula is C7H8O. The summed E-state index contributed by atoms with van der Waals surface area (Å²) in [5.74, 6) is -0.835. The van der Waals surface area contributed by atoms with Gasteiger partial charge in [-0.15, -0.1) is 0 Å². The zero-order valence-electron chi connectivity index (χ0n) is 10.9. The lowest BCUT2D eigenvalue weighted by molar-refractivity contribution is 0.475. The molecule has 0 atom stereocenters. The molecule has 8 heavy (non-hydrogen) atoms. The van der Waals surface area contributed by atoms with Crippen molar-refractivity contribution in [3.63, 3.8) is 0 Å². The number of aromatic hydroxyl groups is 1. The fourth-order valence-electron chi connectivity index (χ4n) is 0.306. The molecule has 0 saturated carbocycles. The fraction of sp³-hybridized carbons (Fsp3) is 0.143. The Morgan fingerprint density at radius 2 is 2.12 bits per heavy atom. The monoisotopic (exact) mass is 115 g/mol. The molecule has 0 spiro atoms. The molecule has 1 rings (SSSR count). The van der Waals surface area contributed by atoms with E-state index in [1.165, 1.54) is 0 Å². The molecule has 0 amide bonds. The molecule has 1 aromatic rings. The quantitative estimate of drug-likeness (QED) is 0.545. The van der Waals surface area contributed by atoms with Crippen LogP contribution in [0.25, 0.3) is 0 Å². The standard InChI is InChI=1S/C7H8O/c1-6-2-4-7(8)5-3-6/h2-5,8H,1H3/i1D3,2D,3D,4D,5D. The van der Waals surface area contributed by atoms with Crippen molar-refractivity contribution in [2.45, 2.75) is 6.85 Å². The predicted molar refractivity (Wildman–Crippen MR) is 32.8 cm³/mol. The van der Waals surface area contributed by atoms with Gasteiger partial charge in [0.1, 0.15) is 5.75 Å². The van der Waals surface area contributed by atoms with Gasteiger partial charge < -0.3 is 5.11 Å². The molecule has 1 nitrogen and oxygen atoms in total. The van der Waals surface area contributed by atoms with Gasteiger partial charge in [0.25, 0.3) is 0 Å². The highest BCUT2D eigenvalue weighted by Gasteiger charge is 1.82. The first kappa shape index (κ1) is 1.29. The Bertz CT molecular complexity index is 380. The number of benzene rings is 1. The highest BCUT2D eigenvalue weighted by molar-refractivity contribution is 5.24. The van der Waals surface area contributed by atoms with Crippen LogP contribution in [0.15, 0.2) is 24.2 Å². The predicted octanol–water partition coefficient (Wildman–Crippen LogP) is 1.70. The molecule has 0 heterocycles. The summed E-state index contributed by atoms with van der Waals surface area (Å²) in [6.07, 6.45) is 0. The minimum absolute atomic E-state index is 0.671. The first-order valence-electron chi connectivity index (χ1n) is 5.47. The van der Waals surface area contributed by atoms with Crippen LogP contribution in [0.4, 0.5) is 0 Å². The van der Waals surface area contributed by atoms with Crippen molar-refractivity contribution in [1.29, 1.82) is 0 Å². The van der Waals surface area contributed by atoms with Crippen LogP contribution in [0, 0.1) is 6.85 Å². The summed E-state index contributed by atoms with van der Waals surface area (Å²) in [7, 11) is 0. The molecule has 0 unspecified atom stereocenters. The average molecular weight is 115 g/mol. The lowest BCUT2D eigenvalue weighted by Gasteiger charge is -1.89. The Labute approximate surface area is 58.4 Å². The van der Waals surface area contributed by atoms with Crippen LogP contribution in [-0.4, -0.2) is 5.11 Å². The van der Waals surface area contributed by atoms with E-state index >= 15 is 0 Å². The van der Waals surface area contributed by atoms with E-state index in [0.29, 0.717) is 0 Å². The van der Waals surface area contributed by atoms with Crippen LogP contribution < -0.4 is 0 Å². The van der Waals surface area contributed by atoms with Crippen molar-refractivity contribution < 1.29 is 14.7 Å². The second kappa shape index (κ2) is 1.86. The first-order valence-corrected chi connectivity index (χ1v) is 1.97. The largest absolute Gasteiger partial charge is 0.508 e. The van der Waals surface area contributed by atoms with Crippen LogP contribution in [0.2, 0.25) is 0 Å². The zero-order valence-corrected chi connectivity index (χ0v) is 3.95. The van der Waals surface area contributed by atoms with Crippen molar-refractivity contribution in [3.8, 4) is 5.75 Å². The summed E-state index contributed by atoms with van der Waals surface area (Å²) in [6, 6.07) is -2.92. The highest BCUT2D eigenvalue weighted by Crippen LogP contribution is 2.07. The maximum atomic E-state index is 9.16. The van der Waals surface area contributed by atoms with Gasteiger partial charge >= 0.3 is 0 Å². The Morgan fingerprint density at radius 1 is 1.50 bits per heavy atom. The average Bonchev–Trinajstić information content (AvgIpc) is 2.09. The topological polar surface area (TPSA) is 20.2 Å². The Morgan fingerprint density at radius 3 is 2.62 bits per heavy atom. The number of hydrogen-bond acceptors (Lipinski definition) is 1. The molecule has 0 bridgehead atoms. The molecule has 1 N–H and O–H groups in total. The Hall–Kier alpha value is -0.980. The van der Waals surface area contributed by atoms with E-state index < -0.39 is 42.3 Å². The summed E-state index contributed by atoms with van der Waals surface area (Å²) >= 11 is 0. The zero-order chi connectivity index (χ0) is 12.0. The number of hydrogen-bond donors (Lipinski definition) is 1. The van der Waals surface area contributed by atoms with Crippen molar-refractivity contribution in [3.05, 3.63) is 29.7 Å². The van der Waals surface area contributed by atoms with Crippen LogP contribution in [0.3, 0.4) is 0 Å². The van der Waals surface area contributed by atoms with E-state index in [2.05, 4.69) is 0 Å². The lowest BCUT2D eigenvalue weighted by atomic mass is 10.2. The summed E-state index contributed by atoms with van der Waals surface area (Å²) in [5.41, 5.74) is -0.671. The molecule has 0 aliphatic carbocycles. The van der Waals surface area contributed by atoms with Crippen molar-refractivity contribution >= 4 is 0 Å². The van der Waals surface area contributed by atoms with Gasteiger partial charge in [0, 0.05) is 4.11 Å². The molecule has 0 saturated heterocycles. The second-order valence-corrected chi connectivity index (χ2v) is 1.22. The van der Waals surface area contributed by atoms with E-state index in [-0.39, 0.29) is 0 Å². The SMILES string of the molecule is [2H]c1c([2H])c(C([2H])([2H])[2H])c([2H])c([2H])c1O. The molecule has 42 valence electrons. The summed E-state index contributed by atoms with van der Waals surface area (Å²) in [6.45, 7) is -2.73. The molecule has 0 aliphatic rings. The normalized spacial score (nSPS) is 23.2. The smallest absolute Gasteiger partial charge is 0.115 e. The molecule has 1 heteroatoms. The number of phenols is 1. The Balaban J connectivity index is 3.68. The van der Waals surface area contributed by atoms with E-state index in [1.54, 1.807) is 0 Å². The molecule has 0 radical (unpaired) electrons. The molecular weight excluding hydrogens is 100 g/mol. The van der Waals surface area contributed by atoms with Crippen LogP contribution in [-0.2, 0) is 0 Å². The van der Waals surface area contributed by atoms with Gasteiger partial charge in [-0.1, -0.05) is 17.6 Å². The fourth-order valence-corrected chi connectivity index (χ4v) is 0.306. The third kappa shape index (κ3) is 0.997. The maximum Gasteiger partial charge on any atom is 0.115 e. The van der Waals surface area contributed by atoms with Crippen molar-refractivity contribution in [2.24, 2.45) is 0 Å². The van der Waals surface area contributed by atoms with Gasteiger partial charge in [-0.05, 0) is 18.9 Å². The summed E-state index contributed by atoms with van der Waals surface area (Å²) in [5, 5.41) is 9.16. The van der Waals surface area contributed by atoms with Gasteiger partial charge in [0.2, 0.25) is 0 Å². The molecule has 0 fully saturated rings. The van der Waals surface area contributed by atoms with E-state index in [1.807, 2.05) is 0 Å². The highest BCUT2D eigenvalue weighted by atomic mass is 16.3. The van der Waals surface area contributed by atoms with Crippen LogP contribution in [0.5, 0.6) is 5.75 Å². The Kier molecular flexibility index (Phi) is 0.302. The number of rotatable bonds is 0. The minimum Gasteiger partial charge on any atom is -0.508 e. The third-order valence-corrected chi connectivity index (χ3v) is 0.612. The second-order valence-electron chi connectivity index (χ2n) is 1.22. The summed E-state index contributed by atoms with van der Waals surface area (Å²) < 4.78 is 50.3. The maximum absolute atomic E-state index is 9.16. The van der Waals surface area contributed by atoms with Crippen molar-refractivity contribution in [2.75, 3.05) is 0 Å². The van der Waals surface area contributed by atoms with Gasteiger partial charge in [-0.2, -0.15) is 0 Å². The molecule has 1 aromatic carbocycles. The first-order chi connectivity index (χ1) is 6.68. The molecule has 0 aromatic heterocycles. The molecule has 0 aliphatic heterocycles. The number of phenolic OH excluding ortho intramolecular Hbond substituents is 1. The van der Waals surface area contributed by atoms with Gasteiger partial charge in [0.15, 0.2) is 0 Å². The van der Waals surface area contributed by atoms with Crippen LogP contribution >= 0.6 is 0 Å².